The van der Waals surface area contributed by atoms with E-state index in [0.29, 0.717) is 31.6 Å². The number of allylic oxidation sites excluding steroid dienone is 1. The summed E-state index contributed by atoms with van der Waals surface area (Å²) in [5.74, 6) is -0.353. The standard InChI is InChI=1S/C10H17N3O2/c1-7(2)12-10(15)13-5-3-8(4-6-13)9(11)14/h8H,1,3-6H2,2H3,(H2,11,14)(H,12,15). The molecular formula is C10H17N3O2. The molecule has 5 heteroatoms. The Morgan fingerprint density at radius 3 is 2.33 bits per heavy atom. The van der Waals surface area contributed by atoms with Crippen LogP contribution in [0.3, 0.4) is 0 Å². The van der Waals surface area contributed by atoms with E-state index < -0.39 is 0 Å². The first-order valence-electron chi connectivity index (χ1n) is 5.01. The van der Waals surface area contributed by atoms with E-state index in [-0.39, 0.29) is 17.9 Å². The summed E-state index contributed by atoms with van der Waals surface area (Å²) in [6, 6.07) is -0.148. The van der Waals surface area contributed by atoms with Gasteiger partial charge in [-0.25, -0.2) is 4.79 Å². The molecule has 1 fully saturated rings. The average molecular weight is 211 g/mol. The number of nitrogens with zero attached hydrogens (tertiary/aromatic N) is 1. The number of rotatable bonds is 2. The van der Waals surface area contributed by atoms with Crippen molar-refractivity contribution in [3.8, 4) is 0 Å². The fraction of sp³-hybridized carbons (Fsp3) is 0.600. The third-order valence-corrected chi connectivity index (χ3v) is 2.50. The van der Waals surface area contributed by atoms with E-state index in [4.69, 9.17) is 5.73 Å². The Bertz CT molecular complexity index is 280. The summed E-state index contributed by atoms with van der Waals surface area (Å²) in [6.07, 6.45) is 1.30. The number of nitrogens with two attached hydrogens (primary N) is 1. The summed E-state index contributed by atoms with van der Waals surface area (Å²) in [7, 11) is 0. The first-order valence-corrected chi connectivity index (χ1v) is 5.01. The van der Waals surface area contributed by atoms with Gasteiger partial charge in [0.25, 0.3) is 0 Å². The number of piperidine rings is 1. The molecule has 1 heterocycles. The molecule has 0 saturated carbocycles. The molecule has 0 bridgehead atoms. The zero-order chi connectivity index (χ0) is 11.4. The van der Waals surface area contributed by atoms with Gasteiger partial charge < -0.3 is 16.0 Å². The number of likely N-dealkylation sites (tertiary alicyclic amines) is 1. The van der Waals surface area contributed by atoms with E-state index in [1.165, 1.54) is 0 Å². The van der Waals surface area contributed by atoms with Gasteiger partial charge in [0.1, 0.15) is 0 Å². The number of hydrogen-bond acceptors (Lipinski definition) is 2. The number of nitrogens with one attached hydrogen (secondary N) is 1. The molecule has 1 saturated heterocycles. The monoisotopic (exact) mass is 211 g/mol. The van der Waals surface area contributed by atoms with Crippen molar-refractivity contribution in [2.24, 2.45) is 11.7 Å². The molecule has 0 unspecified atom stereocenters. The molecule has 0 spiro atoms. The third-order valence-electron chi connectivity index (χ3n) is 2.50. The van der Waals surface area contributed by atoms with Crippen molar-refractivity contribution in [2.45, 2.75) is 19.8 Å². The maximum atomic E-state index is 11.5. The zero-order valence-electron chi connectivity index (χ0n) is 8.95. The molecular weight excluding hydrogens is 194 g/mol. The minimum Gasteiger partial charge on any atom is -0.369 e. The maximum absolute atomic E-state index is 11.5. The third kappa shape index (κ3) is 3.27. The highest BCUT2D eigenvalue weighted by atomic mass is 16.2. The second-order valence-electron chi connectivity index (χ2n) is 3.87. The molecule has 1 aliphatic rings. The zero-order valence-corrected chi connectivity index (χ0v) is 8.95. The Morgan fingerprint density at radius 2 is 1.93 bits per heavy atom. The Morgan fingerprint density at radius 1 is 1.40 bits per heavy atom. The van der Waals surface area contributed by atoms with Crippen LogP contribution in [0.2, 0.25) is 0 Å². The summed E-state index contributed by atoms with van der Waals surface area (Å²) in [4.78, 5) is 24.1. The van der Waals surface area contributed by atoms with Crippen molar-refractivity contribution < 1.29 is 9.59 Å². The largest absolute Gasteiger partial charge is 0.369 e. The predicted molar refractivity (Wildman–Crippen MR) is 56.8 cm³/mol. The fourth-order valence-electron chi connectivity index (χ4n) is 1.63. The molecule has 1 rings (SSSR count). The van der Waals surface area contributed by atoms with E-state index in [9.17, 15) is 9.59 Å². The SMILES string of the molecule is C=C(C)NC(=O)N1CCC(C(N)=O)CC1. The molecule has 5 nitrogen and oxygen atoms in total. The molecule has 3 amide bonds. The first-order chi connectivity index (χ1) is 7.00. The van der Waals surface area contributed by atoms with Crippen LogP contribution in [0.1, 0.15) is 19.8 Å². The molecule has 0 aromatic carbocycles. The summed E-state index contributed by atoms with van der Waals surface area (Å²) >= 11 is 0. The first kappa shape index (κ1) is 11.6. The van der Waals surface area contributed by atoms with Crippen molar-refractivity contribution in [3.05, 3.63) is 12.3 Å². The molecule has 3 N–H and O–H groups in total. The molecule has 15 heavy (non-hydrogen) atoms. The predicted octanol–water partition coefficient (Wildman–Crippen LogP) is 0.427. The van der Waals surface area contributed by atoms with E-state index in [2.05, 4.69) is 11.9 Å². The highest BCUT2D eigenvalue weighted by Gasteiger charge is 2.25. The van der Waals surface area contributed by atoms with Crippen molar-refractivity contribution in [1.82, 2.24) is 10.2 Å². The Labute approximate surface area is 89.3 Å². The maximum Gasteiger partial charge on any atom is 0.321 e. The fourth-order valence-corrected chi connectivity index (χ4v) is 1.63. The quantitative estimate of drug-likeness (QED) is 0.694. The summed E-state index contributed by atoms with van der Waals surface area (Å²) in [5.41, 5.74) is 5.82. The van der Waals surface area contributed by atoms with Crippen LogP contribution in [-0.4, -0.2) is 29.9 Å². The number of hydrogen-bond donors (Lipinski definition) is 2. The molecule has 1 aliphatic heterocycles. The van der Waals surface area contributed by atoms with Crippen LogP contribution in [0.15, 0.2) is 12.3 Å². The number of urea groups is 1. The molecule has 0 radical (unpaired) electrons. The summed E-state index contributed by atoms with van der Waals surface area (Å²) in [6.45, 7) is 6.48. The molecule has 0 aromatic rings. The van der Waals surface area contributed by atoms with Crippen LogP contribution < -0.4 is 11.1 Å². The smallest absolute Gasteiger partial charge is 0.321 e. The van der Waals surface area contributed by atoms with Gasteiger partial charge in [-0.3, -0.25) is 4.79 Å². The lowest BCUT2D eigenvalue weighted by Gasteiger charge is -2.30. The highest BCUT2D eigenvalue weighted by Crippen LogP contribution is 2.16. The molecule has 0 aromatic heterocycles. The van der Waals surface area contributed by atoms with Gasteiger partial charge in [-0.05, 0) is 19.8 Å². The van der Waals surface area contributed by atoms with Crippen molar-refractivity contribution >= 4 is 11.9 Å². The summed E-state index contributed by atoms with van der Waals surface area (Å²) in [5, 5.41) is 2.63. The average Bonchev–Trinajstić information content (AvgIpc) is 2.17. The van der Waals surface area contributed by atoms with Crippen molar-refractivity contribution in [1.29, 1.82) is 0 Å². The van der Waals surface area contributed by atoms with Crippen LogP contribution in [0.25, 0.3) is 0 Å². The van der Waals surface area contributed by atoms with Crippen molar-refractivity contribution in [3.63, 3.8) is 0 Å². The Kier molecular flexibility index (Phi) is 3.71. The second kappa shape index (κ2) is 4.82. The Balaban J connectivity index is 2.40. The Hall–Kier alpha value is -1.52. The van der Waals surface area contributed by atoms with Crippen LogP contribution in [0, 0.1) is 5.92 Å². The van der Waals surface area contributed by atoms with Gasteiger partial charge in [-0.1, -0.05) is 6.58 Å². The van der Waals surface area contributed by atoms with Gasteiger partial charge in [0.05, 0.1) is 0 Å². The molecule has 0 atom stereocenters. The van der Waals surface area contributed by atoms with Crippen LogP contribution in [0.5, 0.6) is 0 Å². The van der Waals surface area contributed by atoms with Gasteiger partial charge in [0.2, 0.25) is 5.91 Å². The second-order valence-corrected chi connectivity index (χ2v) is 3.87. The highest BCUT2D eigenvalue weighted by molar-refractivity contribution is 5.78. The van der Waals surface area contributed by atoms with Crippen molar-refractivity contribution in [2.75, 3.05) is 13.1 Å². The number of amides is 3. The minimum absolute atomic E-state index is 0.0844. The van der Waals surface area contributed by atoms with Crippen LogP contribution >= 0.6 is 0 Å². The number of primary amides is 1. The van der Waals surface area contributed by atoms with Gasteiger partial charge in [-0.15, -0.1) is 0 Å². The molecule has 84 valence electrons. The van der Waals surface area contributed by atoms with Gasteiger partial charge >= 0.3 is 6.03 Å². The van der Waals surface area contributed by atoms with Crippen LogP contribution in [0.4, 0.5) is 4.79 Å². The van der Waals surface area contributed by atoms with Crippen LogP contribution in [-0.2, 0) is 4.79 Å². The number of carbonyl (C=O) groups is 2. The van der Waals surface area contributed by atoms with Gasteiger partial charge in [0, 0.05) is 24.7 Å². The lowest BCUT2D eigenvalue weighted by atomic mass is 9.96. The van der Waals surface area contributed by atoms with Gasteiger partial charge in [-0.2, -0.15) is 0 Å². The van der Waals surface area contributed by atoms with E-state index in [1.54, 1.807) is 11.8 Å². The van der Waals surface area contributed by atoms with Gasteiger partial charge in [0.15, 0.2) is 0 Å². The van der Waals surface area contributed by atoms with E-state index in [0.717, 1.165) is 0 Å². The van der Waals surface area contributed by atoms with E-state index in [1.807, 2.05) is 0 Å². The topological polar surface area (TPSA) is 75.4 Å². The summed E-state index contributed by atoms with van der Waals surface area (Å²) < 4.78 is 0. The minimum atomic E-state index is -0.269. The normalized spacial score (nSPS) is 17.3. The van der Waals surface area contributed by atoms with E-state index >= 15 is 0 Å². The molecule has 0 aliphatic carbocycles. The lowest BCUT2D eigenvalue weighted by Crippen LogP contribution is -2.45. The number of carbonyl (C=O) groups excluding carboxylic acids is 2. The lowest BCUT2D eigenvalue weighted by molar-refractivity contribution is -0.122.